The molecule has 172 valence electrons. The van der Waals surface area contributed by atoms with Crippen LogP contribution in [0, 0.1) is 5.82 Å². The average molecular weight is 449 g/mol. The van der Waals surface area contributed by atoms with Crippen LogP contribution in [0.2, 0.25) is 0 Å². The second-order valence-corrected chi connectivity index (χ2v) is 8.52. The number of carbonyl (C=O) groups excluding carboxylic acids is 2. The van der Waals surface area contributed by atoms with Crippen LogP contribution in [0.3, 0.4) is 0 Å². The van der Waals surface area contributed by atoms with Crippen LogP contribution in [0.4, 0.5) is 4.39 Å². The lowest BCUT2D eigenvalue weighted by molar-refractivity contribution is -0.126. The first-order chi connectivity index (χ1) is 16.0. The Morgan fingerprint density at radius 3 is 2.30 bits per heavy atom. The lowest BCUT2D eigenvalue weighted by atomic mass is 10.00. The summed E-state index contributed by atoms with van der Waals surface area (Å²) in [6.45, 7) is 2.21. The Kier molecular flexibility index (Phi) is 7.23. The van der Waals surface area contributed by atoms with Crippen LogP contribution in [-0.2, 0) is 17.8 Å². The fourth-order valence-corrected chi connectivity index (χ4v) is 4.37. The van der Waals surface area contributed by atoms with Gasteiger partial charge >= 0.3 is 0 Å². The summed E-state index contributed by atoms with van der Waals surface area (Å²) in [5.41, 5.74) is 2.60. The summed E-state index contributed by atoms with van der Waals surface area (Å²) in [5.74, 6) is -0.807. The summed E-state index contributed by atoms with van der Waals surface area (Å²) >= 11 is 0. The van der Waals surface area contributed by atoms with Gasteiger partial charge in [-0.2, -0.15) is 0 Å². The van der Waals surface area contributed by atoms with Gasteiger partial charge in [0.2, 0.25) is 5.91 Å². The van der Waals surface area contributed by atoms with Crippen LogP contribution < -0.4 is 5.32 Å². The molecule has 1 aliphatic carbocycles. The standard InChI is InChI=1S/C27H29FN2O3/c1-2-19-9-13-21(14-10-19)25(26(31)29-23-6-3-4-7-23)30(27(32)24-8-5-17-33-24)18-20-11-15-22(28)16-12-20/h5,8-17,23,25H,2-4,6-7,18H2,1H3,(H,29,31)/t25-/m0/s1. The summed E-state index contributed by atoms with van der Waals surface area (Å²) < 4.78 is 18.9. The van der Waals surface area contributed by atoms with E-state index in [4.69, 9.17) is 4.42 Å². The van der Waals surface area contributed by atoms with Crippen LogP contribution in [-0.4, -0.2) is 22.8 Å². The Bertz CT molecular complexity index is 1060. The highest BCUT2D eigenvalue weighted by atomic mass is 19.1. The Morgan fingerprint density at radius 1 is 1.03 bits per heavy atom. The van der Waals surface area contributed by atoms with Gasteiger partial charge in [0, 0.05) is 12.6 Å². The number of carbonyl (C=O) groups is 2. The fraction of sp³-hybridized carbons (Fsp3) is 0.333. The van der Waals surface area contributed by atoms with Crippen LogP contribution in [0.5, 0.6) is 0 Å². The number of nitrogens with zero attached hydrogens (tertiary/aromatic N) is 1. The van der Waals surface area contributed by atoms with Gasteiger partial charge < -0.3 is 14.6 Å². The number of halogens is 1. The number of amides is 2. The molecule has 0 unspecified atom stereocenters. The predicted octanol–water partition coefficient (Wildman–Crippen LogP) is 5.42. The topological polar surface area (TPSA) is 62.6 Å². The molecule has 1 aliphatic rings. The molecule has 3 aromatic rings. The van der Waals surface area contributed by atoms with Crippen molar-refractivity contribution in [1.82, 2.24) is 10.2 Å². The Labute approximate surface area is 193 Å². The molecule has 2 aromatic carbocycles. The van der Waals surface area contributed by atoms with Gasteiger partial charge in [-0.05, 0) is 60.2 Å². The van der Waals surface area contributed by atoms with Crippen molar-refractivity contribution in [3.05, 3.63) is 95.2 Å². The number of hydrogen-bond donors (Lipinski definition) is 1. The number of hydrogen-bond acceptors (Lipinski definition) is 3. The van der Waals surface area contributed by atoms with E-state index in [1.807, 2.05) is 24.3 Å². The first-order valence-electron chi connectivity index (χ1n) is 11.5. The number of nitrogens with one attached hydrogen (secondary N) is 1. The van der Waals surface area contributed by atoms with Gasteiger partial charge in [0.25, 0.3) is 5.91 Å². The zero-order chi connectivity index (χ0) is 23.2. The summed E-state index contributed by atoms with van der Waals surface area (Å²) in [6, 6.07) is 16.3. The normalized spacial score (nSPS) is 14.7. The Balaban J connectivity index is 1.73. The molecule has 0 aliphatic heterocycles. The number of furan rings is 1. The third-order valence-electron chi connectivity index (χ3n) is 6.22. The molecule has 1 fully saturated rings. The van der Waals surface area contributed by atoms with Crippen molar-refractivity contribution in [3.63, 3.8) is 0 Å². The molecule has 4 rings (SSSR count). The van der Waals surface area contributed by atoms with E-state index in [0.717, 1.165) is 48.8 Å². The predicted molar refractivity (Wildman–Crippen MR) is 124 cm³/mol. The highest BCUT2D eigenvalue weighted by Crippen LogP contribution is 2.28. The van der Waals surface area contributed by atoms with E-state index < -0.39 is 11.9 Å². The summed E-state index contributed by atoms with van der Waals surface area (Å²) in [4.78, 5) is 28.7. The molecule has 1 heterocycles. The van der Waals surface area contributed by atoms with Crippen molar-refractivity contribution < 1.29 is 18.4 Å². The van der Waals surface area contributed by atoms with Crippen molar-refractivity contribution >= 4 is 11.8 Å². The van der Waals surface area contributed by atoms with E-state index in [1.165, 1.54) is 23.3 Å². The minimum absolute atomic E-state index is 0.112. The van der Waals surface area contributed by atoms with Crippen LogP contribution >= 0.6 is 0 Å². The lowest BCUT2D eigenvalue weighted by Gasteiger charge is -2.32. The summed E-state index contributed by atoms with van der Waals surface area (Å²) in [6.07, 6.45) is 6.38. The highest BCUT2D eigenvalue weighted by Gasteiger charge is 2.34. The molecular weight excluding hydrogens is 419 g/mol. The maximum Gasteiger partial charge on any atom is 0.290 e. The third kappa shape index (κ3) is 5.51. The van der Waals surface area contributed by atoms with E-state index in [9.17, 15) is 14.0 Å². The number of benzene rings is 2. The molecular formula is C27H29FN2O3. The largest absolute Gasteiger partial charge is 0.459 e. The fourth-order valence-electron chi connectivity index (χ4n) is 4.37. The van der Waals surface area contributed by atoms with Crippen LogP contribution in [0.25, 0.3) is 0 Å². The van der Waals surface area contributed by atoms with Gasteiger partial charge in [-0.15, -0.1) is 0 Å². The molecule has 0 radical (unpaired) electrons. The molecule has 0 bridgehead atoms. The first-order valence-corrected chi connectivity index (χ1v) is 11.5. The van der Waals surface area contributed by atoms with Crippen molar-refractivity contribution in [2.75, 3.05) is 0 Å². The van der Waals surface area contributed by atoms with Crippen molar-refractivity contribution in [2.45, 2.75) is 57.7 Å². The molecule has 1 N–H and O–H groups in total. The zero-order valence-electron chi connectivity index (χ0n) is 18.8. The van der Waals surface area contributed by atoms with Crippen LogP contribution in [0.1, 0.15) is 65.9 Å². The SMILES string of the molecule is CCc1ccc([C@@H](C(=O)NC2CCCC2)N(Cc2ccc(F)cc2)C(=O)c2ccco2)cc1. The van der Waals surface area contributed by atoms with Crippen molar-refractivity contribution in [3.8, 4) is 0 Å². The van der Waals surface area contributed by atoms with Gasteiger partial charge in [-0.3, -0.25) is 9.59 Å². The Morgan fingerprint density at radius 2 is 1.70 bits per heavy atom. The first kappa shape index (κ1) is 22.8. The molecule has 1 atom stereocenters. The van der Waals surface area contributed by atoms with E-state index in [-0.39, 0.29) is 30.1 Å². The second kappa shape index (κ2) is 10.5. The quantitative estimate of drug-likeness (QED) is 0.500. The van der Waals surface area contributed by atoms with Gasteiger partial charge in [-0.1, -0.05) is 56.2 Å². The van der Waals surface area contributed by atoms with Crippen molar-refractivity contribution in [1.29, 1.82) is 0 Å². The molecule has 1 saturated carbocycles. The van der Waals surface area contributed by atoms with E-state index >= 15 is 0 Å². The second-order valence-electron chi connectivity index (χ2n) is 8.52. The van der Waals surface area contributed by atoms with Crippen molar-refractivity contribution in [2.24, 2.45) is 0 Å². The molecule has 33 heavy (non-hydrogen) atoms. The smallest absolute Gasteiger partial charge is 0.290 e. The maximum absolute atomic E-state index is 13.6. The molecule has 6 heteroatoms. The summed E-state index contributed by atoms with van der Waals surface area (Å²) in [5, 5.41) is 3.16. The molecule has 2 amide bonds. The lowest BCUT2D eigenvalue weighted by Crippen LogP contribution is -2.45. The molecule has 0 saturated heterocycles. The summed E-state index contributed by atoms with van der Waals surface area (Å²) in [7, 11) is 0. The number of aryl methyl sites for hydroxylation is 1. The molecule has 1 aromatic heterocycles. The maximum atomic E-state index is 13.6. The van der Waals surface area contributed by atoms with Gasteiger partial charge in [0.15, 0.2) is 5.76 Å². The zero-order valence-corrected chi connectivity index (χ0v) is 18.8. The minimum atomic E-state index is -0.848. The van der Waals surface area contributed by atoms with E-state index in [2.05, 4.69) is 12.2 Å². The number of rotatable bonds is 8. The van der Waals surface area contributed by atoms with Gasteiger partial charge in [0.05, 0.1) is 6.26 Å². The highest BCUT2D eigenvalue weighted by molar-refractivity contribution is 5.96. The van der Waals surface area contributed by atoms with Crippen LogP contribution in [0.15, 0.2) is 71.3 Å². The van der Waals surface area contributed by atoms with E-state index in [1.54, 1.807) is 24.3 Å². The van der Waals surface area contributed by atoms with E-state index in [0.29, 0.717) is 0 Å². The molecule has 5 nitrogen and oxygen atoms in total. The Hall–Kier alpha value is -3.41. The third-order valence-corrected chi connectivity index (χ3v) is 6.22. The minimum Gasteiger partial charge on any atom is -0.459 e. The van der Waals surface area contributed by atoms with Gasteiger partial charge in [-0.25, -0.2) is 4.39 Å². The molecule has 0 spiro atoms. The van der Waals surface area contributed by atoms with Gasteiger partial charge in [0.1, 0.15) is 11.9 Å². The monoisotopic (exact) mass is 448 g/mol. The average Bonchev–Trinajstić information content (AvgIpc) is 3.54.